The van der Waals surface area contributed by atoms with Crippen LogP contribution in [0.2, 0.25) is 0 Å². The SMILES string of the molecule is Cl.O=C(NCC(O)c1ccccc1F)[C@@H]1CCCN1. The lowest BCUT2D eigenvalue weighted by Gasteiger charge is -2.15. The molecule has 4 nitrogen and oxygen atoms in total. The van der Waals surface area contributed by atoms with E-state index >= 15 is 0 Å². The number of amides is 1. The van der Waals surface area contributed by atoms with Crippen molar-refractivity contribution < 1.29 is 14.3 Å². The molecule has 1 amide bonds. The number of rotatable bonds is 4. The van der Waals surface area contributed by atoms with Crippen molar-refractivity contribution in [3.05, 3.63) is 35.6 Å². The molecule has 1 heterocycles. The maximum atomic E-state index is 13.4. The number of hydrogen-bond donors (Lipinski definition) is 3. The summed E-state index contributed by atoms with van der Waals surface area (Å²) in [4.78, 5) is 11.7. The molecule has 19 heavy (non-hydrogen) atoms. The zero-order valence-corrected chi connectivity index (χ0v) is 11.3. The first kappa shape index (κ1) is 15.9. The molecule has 106 valence electrons. The molecule has 0 radical (unpaired) electrons. The van der Waals surface area contributed by atoms with Gasteiger partial charge in [-0.15, -0.1) is 12.4 Å². The van der Waals surface area contributed by atoms with Crippen LogP contribution in [-0.4, -0.2) is 30.1 Å². The van der Waals surface area contributed by atoms with Gasteiger partial charge in [0.25, 0.3) is 0 Å². The molecule has 0 spiro atoms. The molecule has 1 aliphatic heterocycles. The van der Waals surface area contributed by atoms with Gasteiger partial charge in [0.05, 0.1) is 12.1 Å². The maximum absolute atomic E-state index is 13.4. The number of aliphatic hydroxyl groups is 1. The normalized spacial score (nSPS) is 19.6. The fraction of sp³-hybridized carbons (Fsp3) is 0.462. The Labute approximate surface area is 117 Å². The summed E-state index contributed by atoms with van der Waals surface area (Å²) >= 11 is 0. The van der Waals surface area contributed by atoms with Gasteiger partial charge in [-0.3, -0.25) is 4.79 Å². The van der Waals surface area contributed by atoms with E-state index in [1.807, 2.05) is 0 Å². The highest BCUT2D eigenvalue weighted by Crippen LogP contribution is 2.15. The van der Waals surface area contributed by atoms with Gasteiger partial charge in [0.2, 0.25) is 5.91 Å². The fourth-order valence-electron chi connectivity index (χ4n) is 2.08. The van der Waals surface area contributed by atoms with Crippen LogP contribution in [-0.2, 0) is 4.79 Å². The molecule has 1 saturated heterocycles. The molecule has 2 atom stereocenters. The Balaban J connectivity index is 0.00000180. The van der Waals surface area contributed by atoms with Gasteiger partial charge in [-0.2, -0.15) is 0 Å². The van der Waals surface area contributed by atoms with Gasteiger partial charge in [-0.1, -0.05) is 18.2 Å². The van der Waals surface area contributed by atoms with E-state index in [2.05, 4.69) is 10.6 Å². The van der Waals surface area contributed by atoms with Crippen molar-refractivity contribution in [2.45, 2.75) is 25.0 Å². The van der Waals surface area contributed by atoms with Crippen LogP contribution in [0.3, 0.4) is 0 Å². The van der Waals surface area contributed by atoms with Gasteiger partial charge < -0.3 is 15.7 Å². The topological polar surface area (TPSA) is 61.4 Å². The third kappa shape index (κ3) is 4.16. The second-order valence-electron chi connectivity index (χ2n) is 4.43. The first-order chi connectivity index (χ1) is 8.68. The maximum Gasteiger partial charge on any atom is 0.237 e. The van der Waals surface area contributed by atoms with Crippen LogP contribution >= 0.6 is 12.4 Å². The first-order valence-corrected chi connectivity index (χ1v) is 6.12. The molecule has 0 aromatic heterocycles. The first-order valence-electron chi connectivity index (χ1n) is 6.12. The summed E-state index contributed by atoms with van der Waals surface area (Å²) in [6.07, 6.45) is 0.770. The highest BCUT2D eigenvalue weighted by molar-refractivity contribution is 5.85. The highest BCUT2D eigenvalue weighted by Gasteiger charge is 2.22. The molecular formula is C13H18ClFN2O2. The minimum absolute atomic E-state index is 0. The lowest BCUT2D eigenvalue weighted by atomic mass is 10.1. The third-order valence-corrected chi connectivity index (χ3v) is 3.11. The van der Waals surface area contributed by atoms with Crippen molar-refractivity contribution in [1.82, 2.24) is 10.6 Å². The number of hydrogen-bond acceptors (Lipinski definition) is 3. The number of aliphatic hydroxyl groups excluding tert-OH is 1. The second-order valence-corrected chi connectivity index (χ2v) is 4.43. The molecular weight excluding hydrogens is 271 g/mol. The summed E-state index contributed by atoms with van der Waals surface area (Å²) in [5, 5.41) is 15.5. The molecule has 1 unspecified atom stereocenters. The van der Waals surface area contributed by atoms with E-state index in [0.29, 0.717) is 0 Å². The Bertz CT molecular complexity index is 425. The van der Waals surface area contributed by atoms with Crippen LogP contribution < -0.4 is 10.6 Å². The predicted octanol–water partition coefficient (Wildman–Crippen LogP) is 1.15. The fourth-order valence-corrected chi connectivity index (χ4v) is 2.08. The zero-order valence-electron chi connectivity index (χ0n) is 10.4. The molecule has 1 fully saturated rings. The molecule has 0 aliphatic carbocycles. The minimum atomic E-state index is -1.02. The van der Waals surface area contributed by atoms with Crippen LogP contribution in [0, 0.1) is 5.82 Å². The molecule has 1 aromatic rings. The molecule has 6 heteroatoms. The Morgan fingerprint density at radius 3 is 2.89 bits per heavy atom. The summed E-state index contributed by atoms with van der Waals surface area (Å²) in [6, 6.07) is 5.84. The van der Waals surface area contributed by atoms with E-state index in [9.17, 15) is 14.3 Å². The van der Waals surface area contributed by atoms with Crippen molar-refractivity contribution in [1.29, 1.82) is 0 Å². The van der Waals surface area contributed by atoms with Crippen molar-refractivity contribution >= 4 is 18.3 Å². The van der Waals surface area contributed by atoms with Crippen LogP contribution in [0.4, 0.5) is 4.39 Å². The second kappa shape index (κ2) is 7.43. The summed E-state index contributed by atoms with van der Waals surface area (Å²) in [6.45, 7) is 0.867. The molecule has 0 saturated carbocycles. The average Bonchev–Trinajstić information content (AvgIpc) is 2.90. The number of carbonyl (C=O) groups excluding carboxylic acids is 1. The molecule has 0 bridgehead atoms. The summed E-state index contributed by atoms with van der Waals surface area (Å²) < 4.78 is 13.4. The third-order valence-electron chi connectivity index (χ3n) is 3.11. The quantitative estimate of drug-likeness (QED) is 0.779. The van der Waals surface area contributed by atoms with Crippen LogP contribution in [0.25, 0.3) is 0 Å². The Morgan fingerprint density at radius 2 is 2.26 bits per heavy atom. The van der Waals surface area contributed by atoms with Gasteiger partial charge in [0, 0.05) is 12.1 Å². The number of nitrogens with one attached hydrogen (secondary N) is 2. The number of benzene rings is 1. The van der Waals surface area contributed by atoms with Crippen molar-refractivity contribution in [3.8, 4) is 0 Å². The predicted molar refractivity (Wildman–Crippen MR) is 72.6 cm³/mol. The van der Waals surface area contributed by atoms with E-state index < -0.39 is 11.9 Å². The van der Waals surface area contributed by atoms with Gasteiger partial charge in [0.1, 0.15) is 5.82 Å². The van der Waals surface area contributed by atoms with E-state index in [1.165, 1.54) is 12.1 Å². The van der Waals surface area contributed by atoms with E-state index in [1.54, 1.807) is 12.1 Å². The Hall–Kier alpha value is -1.17. The number of carbonyl (C=O) groups is 1. The van der Waals surface area contributed by atoms with Gasteiger partial charge in [0.15, 0.2) is 0 Å². The standard InChI is InChI=1S/C13H17FN2O2.ClH/c14-10-5-2-1-4-9(10)12(17)8-16-13(18)11-6-3-7-15-11;/h1-2,4-5,11-12,15,17H,3,6-8H2,(H,16,18);1H/t11-,12?;/m0./s1. The van der Waals surface area contributed by atoms with E-state index in [0.717, 1.165) is 19.4 Å². The Morgan fingerprint density at radius 1 is 1.53 bits per heavy atom. The molecule has 1 aliphatic rings. The minimum Gasteiger partial charge on any atom is -0.386 e. The van der Waals surface area contributed by atoms with Crippen LogP contribution in [0.5, 0.6) is 0 Å². The largest absolute Gasteiger partial charge is 0.386 e. The van der Waals surface area contributed by atoms with Crippen molar-refractivity contribution in [2.24, 2.45) is 0 Å². The average molecular weight is 289 g/mol. The lowest BCUT2D eigenvalue weighted by Crippen LogP contribution is -2.41. The van der Waals surface area contributed by atoms with Crippen molar-refractivity contribution in [2.75, 3.05) is 13.1 Å². The zero-order chi connectivity index (χ0) is 13.0. The Kier molecular flexibility index (Phi) is 6.21. The summed E-state index contributed by atoms with van der Waals surface area (Å²) in [7, 11) is 0. The van der Waals surface area contributed by atoms with Gasteiger partial charge >= 0.3 is 0 Å². The highest BCUT2D eigenvalue weighted by atomic mass is 35.5. The molecule has 2 rings (SSSR count). The smallest absolute Gasteiger partial charge is 0.237 e. The van der Waals surface area contributed by atoms with Gasteiger partial charge in [-0.25, -0.2) is 4.39 Å². The summed E-state index contributed by atoms with van der Waals surface area (Å²) in [5.41, 5.74) is 0.206. The monoisotopic (exact) mass is 288 g/mol. The van der Waals surface area contributed by atoms with Crippen LogP contribution in [0.1, 0.15) is 24.5 Å². The number of halogens is 2. The summed E-state index contributed by atoms with van der Waals surface area (Å²) in [5.74, 6) is -0.596. The van der Waals surface area contributed by atoms with E-state index in [4.69, 9.17) is 0 Å². The van der Waals surface area contributed by atoms with Crippen molar-refractivity contribution in [3.63, 3.8) is 0 Å². The molecule has 1 aromatic carbocycles. The lowest BCUT2D eigenvalue weighted by molar-refractivity contribution is -0.123. The van der Waals surface area contributed by atoms with Gasteiger partial charge in [-0.05, 0) is 25.5 Å². The van der Waals surface area contributed by atoms with E-state index in [-0.39, 0.29) is 36.5 Å². The molecule has 3 N–H and O–H groups in total. The van der Waals surface area contributed by atoms with Crippen LogP contribution in [0.15, 0.2) is 24.3 Å².